The number of aryl methyl sites for hydroxylation is 1. The van der Waals surface area contributed by atoms with Gasteiger partial charge in [-0.3, -0.25) is 4.79 Å². The number of ketones is 1. The average molecular weight is 494 g/mol. The Hall–Kier alpha value is -3.82. The van der Waals surface area contributed by atoms with Crippen LogP contribution in [0.4, 0.5) is 0 Å². The summed E-state index contributed by atoms with van der Waals surface area (Å²) in [4.78, 5) is 13.1. The number of hydrogen-bond acceptors (Lipinski definition) is 3. The number of carbonyl (C=O) groups is 1. The lowest BCUT2D eigenvalue weighted by Gasteiger charge is -2.21. The highest BCUT2D eigenvalue weighted by atomic mass is 35.5. The number of fused-ring (bicyclic) bond motifs is 5. The van der Waals surface area contributed by atoms with Crippen LogP contribution in [0.1, 0.15) is 27.9 Å². The topological polar surface area (TPSA) is 38.3 Å². The van der Waals surface area contributed by atoms with Crippen molar-refractivity contribution in [1.29, 1.82) is 0 Å². The first-order valence-electron chi connectivity index (χ1n) is 12.2. The van der Waals surface area contributed by atoms with E-state index in [2.05, 4.69) is 41.7 Å². The summed E-state index contributed by atoms with van der Waals surface area (Å²) in [5, 5.41) is 6.13. The zero-order valence-corrected chi connectivity index (χ0v) is 21.0. The fourth-order valence-corrected chi connectivity index (χ4v) is 5.09. The molecule has 0 aromatic heterocycles. The lowest BCUT2D eigenvalue weighted by Crippen LogP contribution is -2.37. The second kappa shape index (κ2) is 10.8. The van der Waals surface area contributed by atoms with Crippen LogP contribution in [0.2, 0.25) is 5.02 Å². The van der Waals surface area contributed by atoms with Crippen LogP contribution in [0.15, 0.2) is 91.3 Å². The number of rotatable bonds is 3. The van der Waals surface area contributed by atoms with E-state index in [0.717, 1.165) is 35.6 Å². The fourth-order valence-electron chi connectivity index (χ4n) is 4.92. The Morgan fingerprint density at radius 3 is 2.39 bits per heavy atom. The molecular weight excluding hydrogens is 466 g/mol. The number of benzene rings is 3. The molecule has 1 N–H and O–H groups in total. The highest BCUT2D eigenvalue weighted by molar-refractivity contribution is 6.30. The van der Waals surface area contributed by atoms with Crippen molar-refractivity contribution >= 4 is 29.5 Å². The molecule has 180 valence electrons. The number of halogens is 1. The quantitative estimate of drug-likeness (QED) is 0.472. The van der Waals surface area contributed by atoms with Gasteiger partial charge in [0.25, 0.3) is 0 Å². The average Bonchev–Trinajstić information content (AvgIpc) is 3.26. The van der Waals surface area contributed by atoms with E-state index in [-0.39, 0.29) is 11.7 Å². The third-order valence-corrected chi connectivity index (χ3v) is 7.02. The van der Waals surface area contributed by atoms with Crippen molar-refractivity contribution in [2.24, 2.45) is 5.92 Å². The van der Waals surface area contributed by atoms with E-state index in [1.807, 2.05) is 67.0 Å². The SMILES string of the molecule is C1=CC=CNC=C1.COc1ccc(C(=O)C2C=c3c(ccc4c3=CCc3ccc(Cl)cc3-4)CC2)cc1. The van der Waals surface area contributed by atoms with Crippen molar-refractivity contribution in [3.05, 3.63) is 123 Å². The zero-order chi connectivity index (χ0) is 24.9. The van der Waals surface area contributed by atoms with Crippen molar-refractivity contribution in [3.63, 3.8) is 0 Å². The summed E-state index contributed by atoms with van der Waals surface area (Å²) in [5.41, 5.74) is 5.77. The van der Waals surface area contributed by atoms with E-state index in [1.54, 1.807) is 7.11 Å². The van der Waals surface area contributed by atoms with Crippen molar-refractivity contribution in [1.82, 2.24) is 5.32 Å². The summed E-state index contributed by atoms with van der Waals surface area (Å²) in [5.74, 6) is 0.840. The molecule has 1 atom stereocenters. The lowest BCUT2D eigenvalue weighted by molar-refractivity contribution is 0.0946. The molecular formula is C32H28ClNO2. The van der Waals surface area contributed by atoms with Crippen molar-refractivity contribution < 1.29 is 9.53 Å². The lowest BCUT2D eigenvalue weighted by atomic mass is 9.82. The molecule has 1 aliphatic heterocycles. The van der Waals surface area contributed by atoms with Crippen molar-refractivity contribution in [2.75, 3.05) is 7.11 Å². The monoisotopic (exact) mass is 493 g/mol. The van der Waals surface area contributed by atoms with Gasteiger partial charge in [0, 0.05) is 28.9 Å². The van der Waals surface area contributed by atoms with Gasteiger partial charge in [-0.25, -0.2) is 0 Å². The Labute approximate surface area is 216 Å². The molecule has 0 bridgehead atoms. The number of Topliss-reactive ketones (excluding diaryl/α,β-unsaturated/α-hetero) is 1. The minimum atomic E-state index is -0.100. The second-order valence-electron chi connectivity index (χ2n) is 8.98. The first kappa shape index (κ1) is 23.9. The molecule has 4 heteroatoms. The number of allylic oxidation sites excluding steroid dienone is 4. The van der Waals surface area contributed by atoms with Crippen molar-refractivity contribution in [3.8, 4) is 16.9 Å². The van der Waals surface area contributed by atoms with E-state index in [1.165, 1.54) is 32.7 Å². The van der Waals surface area contributed by atoms with Gasteiger partial charge >= 0.3 is 0 Å². The number of methoxy groups -OCH3 is 1. The Morgan fingerprint density at radius 2 is 1.64 bits per heavy atom. The molecule has 0 fully saturated rings. The Morgan fingerprint density at radius 1 is 0.889 bits per heavy atom. The van der Waals surface area contributed by atoms with Gasteiger partial charge in [-0.05, 0) is 101 Å². The maximum atomic E-state index is 13.1. The molecule has 3 nitrogen and oxygen atoms in total. The first-order valence-corrected chi connectivity index (χ1v) is 12.6. The Bertz CT molecular complexity index is 1480. The van der Waals surface area contributed by atoms with E-state index in [9.17, 15) is 4.79 Å². The second-order valence-corrected chi connectivity index (χ2v) is 9.42. The highest BCUT2D eigenvalue weighted by Crippen LogP contribution is 2.29. The van der Waals surface area contributed by atoms with Gasteiger partial charge in [-0.2, -0.15) is 0 Å². The van der Waals surface area contributed by atoms with E-state index < -0.39 is 0 Å². The third kappa shape index (κ3) is 5.07. The molecule has 2 aliphatic carbocycles. The predicted molar refractivity (Wildman–Crippen MR) is 148 cm³/mol. The summed E-state index contributed by atoms with van der Waals surface area (Å²) in [6, 6.07) is 17.9. The summed E-state index contributed by atoms with van der Waals surface area (Å²) in [7, 11) is 1.63. The maximum Gasteiger partial charge on any atom is 0.169 e. The molecule has 0 amide bonds. The van der Waals surface area contributed by atoms with Gasteiger partial charge in [0.15, 0.2) is 5.78 Å². The Balaban J connectivity index is 0.000000330. The summed E-state index contributed by atoms with van der Waals surface area (Å²) in [6.07, 6.45) is 18.7. The van der Waals surface area contributed by atoms with E-state index in [0.29, 0.717) is 0 Å². The highest BCUT2D eigenvalue weighted by Gasteiger charge is 2.23. The Kier molecular flexibility index (Phi) is 7.20. The first-order chi connectivity index (χ1) is 17.6. The number of carbonyl (C=O) groups excluding carboxylic acids is 1. The smallest absolute Gasteiger partial charge is 0.169 e. The number of ether oxygens (including phenoxy) is 1. The molecule has 1 heterocycles. The van der Waals surface area contributed by atoms with Crippen LogP contribution in [-0.4, -0.2) is 12.9 Å². The maximum absolute atomic E-state index is 13.1. The number of hydrogen-bond donors (Lipinski definition) is 1. The molecule has 0 saturated carbocycles. The minimum Gasteiger partial charge on any atom is -0.497 e. The standard InChI is InChI=1S/C26H21ClO2.C6H7N/c1-29-21-10-5-18(6-11-21)26(28)19-3-2-16-7-13-23-22(24(16)14-19)12-8-17-4-9-20(27)15-25(17)23;1-2-4-6-7-5-3-1/h4-7,9-15,19H,2-3,8H2,1H3;1-7H. The minimum absolute atomic E-state index is 0.100. The number of nitrogens with one attached hydrogen (secondary N) is 1. The summed E-state index contributed by atoms with van der Waals surface area (Å²) < 4.78 is 5.21. The predicted octanol–water partition coefficient (Wildman–Crippen LogP) is 5.75. The van der Waals surface area contributed by atoms with Crippen LogP contribution in [-0.2, 0) is 12.8 Å². The van der Waals surface area contributed by atoms with Crippen LogP contribution in [0, 0.1) is 5.92 Å². The van der Waals surface area contributed by atoms with Gasteiger partial charge in [0.1, 0.15) is 5.75 Å². The third-order valence-electron chi connectivity index (χ3n) is 6.79. The van der Waals surface area contributed by atoms with Gasteiger partial charge in [-0.1, -0.05) is 54.1 Å². The molecule has 6 rings (SSSR count). The van der Waals surface area contributed by atoms with Crippen LogP contribution in [0.25, 0.3) is 23.3 Å². The van der Waals surface area contributed by atoms with Crippen LogP contribution in [0.5, 0.6) is 5.75 Å². The molecule has 3 aliphatic rings. The molecule has 0 saturated heterocycles. The van der Waals surface area contributed by atoms with Crippen molar-refractivity contribution in [2.45, 2.75) is 19.3 Å². The van der Waals surface area contributed by atoms with Gasteiger partial charge in [-0.15, -0.1) is 0 Å². The summed E-state index contributed by atoms with van der Waals surface area (Å²) in [6.45, 7) is 0. The van der Waals surface area contributed by atoms with Crippen LogP contribution >= 0.6 is 11.6 Å². The molecule has 36 heavy (non-hydrogen) atoms. The molecule has 3 aromatic rings. The summed E-state index contributed by atoms with van der Waals surface area (Å²) >= 11 is 6.27. The molecule has 0 radical (unpaired) electrons. The molecule has 0 spiro atoms. The van der Waals surface area contributed by atoms with Crippen LogP contribution in [0.3, 0.4) is 0 Å². The van der Waals surface area contributed by atoms with E-state index >= 15 is 0 Å². The van der Waals surface area contributed by atoms with Gasteiger partial charge in [0.2, 0.25) is 0 Å². The fraction of sp³-hybridized carbons (Fsp3) is 0.156. The molecule has 1 unspecified atom stereocenters. The van der Waals surface area contributed by atoms with Gasteiger partial charge in [0.05, 0.1) is 7.11 Å². The van der Waals surface area contributed by atoms with E-state index in [4.69, 9.17) is 16.3 Å². The van der Waals surface area contributed by atoms with Gasteiger partial charge < -0.3 is 10.1 Å². The van der Waals surface area contributed by atoms with Crippen LogP contribution < -0.4 is 20.5 Å². The largest absolute Gasteiger partial charge is 0.497 e. The normalized spacial score (nSPS) is 16.4. The molecule has 3 aromatic carbocycles. The zero-order valence-electron chi connectivity index (χ0n) is 20.2.